The molecule has 22 heavy (non-hydrogen) atoms. The molecule has 0 spiro atoms. The molecule has 0 radical (unpaired) electrons. The Balaban J connectivity index is 4.77. The molecule has 0 bridgehead atoms. The number of unbranched alkanes of at least 4 members (excludes halogenated alkanes) is 6. The van der Waals surface area contributed by atoms with Gasteiger partial charge in [0.25, 0.3) is 0 Å². The van der Waals surface area contributed by atoms with Gasteiger partial charge in [0.2, 0.25) is 0 Å². The zero-order chi connectivity index (χ0) is 17.2. The smallest absolute Gasteiger partial charge is 0.159 e. The monoisotopic (exact) mass is 332 g/mol. The van der Waals surface area contributed by atoms with Crippen molar-refractivity contribution in [3.63, 3.8) is 0 Å². The van der Waals surface area contributed by atoms with E-state index >= 15 is 0 Å². The van der Waals surface area contributed by atoms with Gasteiger partial charge in [0.15, 0.2) is 15.6 Å². The lowest BCUT2D eigenvalue weighted by Gasteiger charge is -2.27. The molecule has 0 aromatic carbocycles. The fraction of sp³-hybridized carbons (Fsp3) is 0.944. The molecule has 0 aliphatic carbocycles. The predicted molar refractivity (Wildman–Crippen MR) is 94.9 cm³/mol. The molecular formula is C18H36O3S. The summed E-state index contributed by atoms with van der Waals surface area (Å²) in [5.41, 5.74) is 0. The van der Waals surface area contributed by atoms with Gasteiger partial charge in [-0.25, -0.2) is 8.42 Å². The Morgan fingerprint density at radius 1 is 0.864 bits per heavy atom. The molecule has 0 saturated heterocycles. The molecule has 3 nitrogen and oxygen atoms in total. The van der Waals surface area contributed by atoms with E-state index in [4.69, 9.17) is 0 Å². The van der Waals surface area contributed by atoms with Gasteiger partial charge in [0.1, 0.15) is 4.75 Å². The van der Waals surface area contributed by atoms with E-state index in [1.54, 1.807) is 13.8 Å². The van der Waals surface area contributed by atoms with Gasteiger partial charge >= 0.3 is 0 Å². The predicted octanol–water partition coefficient (Wildman–Crippen LogP) is 4.94. The molecule has 0 N–H and O–H groups in total. The summed E-state index contributed by atoms with van der Waals surface area (Å²) in [4.78, 5) is 12.8. The first-order valence-electron chi connectivity index (χ1n) is 8.92. The highest BCUT2D eigenvalue weighted by Gasteiger charge is 2.41. The van der Waals surface area contributed by atoms with Gasteiger partial charge in [-0.3, -0.25) is 4.79 Å². The minimum absolute atomic E-state index is 0.0806. The molecule has 0 aliphatic rings. The summed E-state index contributed by atoms with van der Waals surface area (Å²) in [7, 11) is -3.37. The topological polar surface area (TPSA) is 51.2 Å². The maximum absolute atomic E-state index is 12.8. The first-order valence-corrected chi connectivity index (χ1v) is 10.8. The number of ketones is 1. The minimum atomic E-state index is -3.37. The van der Waals surface area contributed by atoms with Gasteiger partial charge in [-0.05, 0) is 26.7 Å². The van der Waals surface area contributed by atoms with Crippen molar-refractivity contribution in [3.8, 4) is 0 Å². The van der Waals surface area contributed by atoms with Crippen molar-refractivity contribution in [1.29, 1.82) is 0 Å². The third-order valence-corrected chi connectivity index (χ3v) is 6.76. The van der Waals surface area contributed by atoms with Crippen LogP contribution >= 0.6 is 0 Å². The van der Waals surface area contributed by atoms with Gasteiger partial charge in [-0.15, -0.1) is 0 Å². The molecule has 0 aliphatic heterocycles. The quantitative estimate of drug-likeness (QED) is 0.449. The van der Waals surface area contributed by atoms with Crippen LogP contribution in [0, 0.1) is 5.92 Å². The van der Waals surface area contributed by atoms with E-state index in [-0.39, 0.29) is 11.7 Å². The van der Waals surface area contributed by atoms with Gasteiger partial charge in [0.05, 0.1) is 0 Å². The number of Topliss-reactive ketones (excluding diaryl/α,β-unsaturated/α-hetero) is 1. The third-order valence-electron chi connectivity index (χ3n) is 4.70. The zero-order valence-corrected chi connectivity index (χ0v) is 16.1. The van der Waals surface area contributed by atoms with Crippen LogP contribution in [0.1, 0.15) is 91.9 Å². The van der Waals surface area contributed by atoms with Crippen LogP contribution in [0.2, 0.25) is 0 Å². The average Bonchev–Trinajstić information content (AvgIpc) is 2.43. The lowest BCUT2D eigenvalue weighted by molar-refractivity contribution is -0.125. The molecule has 4 heteroatoms. The van der Waals surface area contributed by atoms with Crippen LogP contribution in [0.15, 0.2) is 0 Å². The van der Waals surface area contributed by atoms with Crippen LogP contribution in [-0.2, 0) is 14.6 Å². The molecule has 0 saturated carbocycles. The first-order chi connectivity index (χ1) is 10.2. The fourth-order valence-corrected chi connectivity index (χ4v) is 3.25. The maximum Gasteiger partial charge on any atom is 0.159 e. The minimum Gasteiger partial charge on any atom is -0.298 e. The Morgan fingerprint density at radius 3 is 1.59 bits per heavy atom. The standard InChI is InChI=1S/C18H36O3S/c1-6-8-10-12-14-16(15-13-11-9-7-2)17(19)18(3,4)22(5,20)21/h16H,6-15H2,1-5H3. The van der Waals surface area contributed by atoms with Crippen molar-refractivity contribution in [2.45, 2.75) is 96.7 Å². The Kier molecular flexibility index (Phi) is 10.2. The SMILES string of the molecule is CCCCCCC(CCCCCC)C(=O)C(C)(C)S(C)(=O)=O. The first kappa shape index (κ1) is 21.6. The van der Waals surface area contributed by atoms with E-state index in [1.807, 2.05) is 0 Å². The summed E-state index contributed by atoms with van der Waals surface area (Å²) in [5.74, 6) is -0.179. The van der Waals surface area contributed by atoms with E-state index in [9.17, 15) is 13.2 Å². The molecule has 0 unspecified atom stereocenters. The number of rotatable bonds is 13. The summed E-state index contributed by atoms with van der Waals surface area (Å²) >= 11 is 0. The summed E-state index contributed by atoms with van der Waals surface area (Å²) in [6.45, 7) is 7.46. The Morgan fingerprint density at radius 2 is 1.27 bits per heavy atom. The van der Waals surface area contributed by atoms with Crippen LogP contribution in [-0.4, -0.2) is 25.2 Å². The summed E-state index contributed by atoms with van der Waals surface area (Å²) in [5, 5.41) is 0. The van der Waals surface area contributed by atoms with E-state index in [1.165, 1.54) is 31.9 Å². The molecule has 0 heterocycles. The van der Waals surface area contributed by atoms with E-state index in [0.29, 0.717) is 0 Å². The van der Waals surface area contributed by atoms with Gasteiger partial charge in [-0.2, -0.15) is 0 Å². The number of sulfone groups is 1. The van der Waals surface area contributed by atoms with Crippen LogP contribution in [0.4, 0.5) is 0 Å². The lowest BCUT2D eigenvalue weighted by atomic mass is 9.86. The summed E-state index contributed by atoms with van der Waals surface area (Å²) < 4.78 is 22.6. The Bertz CT molecular complexity index is 398. The van der Waals surface area contributed by atoms with Crippen molar-refractivity contribution in [2.75, 3.05) is 6.26 Å². The molecule has 0 aromatic rings. The zero-order valence-electron chi connectivity index (χ0n) is 15.3. The van der Waals surface area contributed by atoms with Crippen molar-refractivity contribution in [2.24, 2.45) is 5.92 Å². The van der Waals surface area contributed by atoms with Crippen LogP contribution in [0.3, 0.4) is 0 Å². The largest absolute Gasteiger partial charge is 0.298 e. The summed E-state index contributed by atoms with van der Waals surface area (Å²) in [6.07, 6.45) is 11.9. The van der Waals surface area contributed by atoms with Gasteiger partial charge < -0.3 is 0 Å². The van der Waals surface area contributed by atoms with E-state index in [0.717, 1.165) is 38.5 Å². The fourth-order valence-electron chi connectivity index (χ4n) is 2.72. The van der Waals surface area contributed by atoms with Crippen molar-refractivity contribution in [1.82, 2.24) is 0 Å². The molecule has 0 fully saturated rings. The van der Waals surface area contributed by atoms with Crippen LogP contribution in [0.5, 0.6) is 0 Å². The highest BCUT2D eigenvalue weighted by atomic mass is 32.2. The second-order valence-corrected chi connectivity index (χ2v) is 9.61. The molecule has 0 rings (SSSR count). The number of carbonyl (C=O) groups excluding carboxylic acids is 1. The Labute approximate surface area is 138 Å². The third kappa shape index (κ3) is 7.26. The van der Waals surface area contributed by atoms with Gasteiger partial charge in [-0.1, -0.05) is 65.2 Å². The highest BCUT2D eigenvalue weighted by molar-refractivity contribution is 7.92. The average molecular weight is 333 g/mol. The number of carbonyl (C=O) groups is 1. The number of hydrogen-bond acceptors (Lipinski definition) is 3. The lowest BCUT2D eigenvalue weighted by Crippen LogP contribution is -2.43. The normalized spacial score (nSPS) is 12.8. The van der Waals surface area contributed by atoms with Crippen LogP contribution < -0.4 is 0 Å². The van der Waals surface area contributed by atoms with E-state index < -0.39 is 14.6 Å². The second kappa shape index (κ2) is 10.4. The highest BCUT2D eigenvalue weighted by Crippen LogP contribution is 2.28. The second-order valence-electron chi connectivity index (χ2n) is 7.04. The Hall–Kier alpha value is -0.380. The van der Waals surface area contributed by atoms with Crippen LogP contribution in [0.25, 0.3) is 0 Å². The maximum atomic E-state index is 12.8. The molecule has 0 atom stereocenters. The van der Waals surface area contributed by atoms with Crippen molar-refractivity contribution >= 4 is 15.6 Å². The van der Waals surface area contributed by atoms with Gasteiger partial charge in [0, 0.05) is 12.2 Å². The number of hydrogen-bond donors (Lipinski definition) is 0. The van der Waals surface area contributed by atoms with E-state index in [2.05, 4.69) is 13.8 Å². The molecule has 0 amide bonds. The molecular weight excluding hydrogens is 296 g/mol. The van der Waals surface area contributed by atoms with Crippen molar-refractivity contribution in [3.05, 3.63) is 0 Å². The van der Waals surface area contributed by atoms with Crippen molar-refractivity contribution < 1.29 is 13.2 Å². The molecule has 132 valence electrons. The molecule has 0 aromatic heterocycles. The summed E-state index contributed by atoms with van der Waals surface area (Å²) in [6, 6.07) is 0.